The van der Waals surface area contributed by atoms with E-state index >= 15 is 0 Å². The summed E-state index contributed by atoms with van der Waals surface area (Å²) in [6, 6.07) is 21.0. The van der Waals surface area contributed by atoms with Crippen LogP contribution in [0.25, 0.3) is 0 Å². The molecule has 3 aromatic carbocycles. The number of fused-ring (bicyclic) bond motifs is 1. The van der Waals surface area contributed by atoms with Crippen LogP contribution in [0.1, 0.15) is 18.5 Å². The third-order valence-electron chi connectivity index (χ3n) is 5.78. The minimum absolute atomic E-state index is 0.190. The second-order valence-corrected chi connectivity index (χ2v) is 7.95. The topological polar surface area (TPSA) is 79.0 Å². The molecule has 166 valence electrons. The standard InChI is InChI=1S/C25H20FN3O4/c1-15(30)27-18-11-7-16(8-12-18)22-21-23(33-29(22)20-5-3-2-4-6-20)25(32)28(24(21)31)19-13-9-17(26)10-14-19/h2-14,21-23H,1H3,(H,27,30)/t21-,22+,23+/m0/s1. The number of hydrogen-bond acceptors (Lipinski definition) is 5. The van der Waals surface area contributed by atoms with Gasteiger partial charge in [0.2, 0.25) is 11.8 Å². The Kier molecular flexibility index (Phi) is 5.14. The molecule has 1 N–H and O–H groups in total. The molecular formula is C25H20FN3O4. The quantitative estimate of drug-likeness (QED) is 0.618. The number of rotatable bonds is 4. The van der Waals surface area contributed by atoms with Crippen molar-refractivity contribution in [2.75, 3.05) is 15.3 Å². The first kappa shape index (κ1) is 20.8. The maximum Gasteiger partial charge on any atom is 0.266 e. The average molecular weight is 445 g/mol. The smallest absolute Gasteiger partial charge is 0.266 e. The van der Waals surface area contributed by atoms with Crippen LogP contribution in [0, 0.1) is 11.7 Å². The average Bonchev–Trinajstić information content (AvgIpc) is 3.32. The summed E-state index contributed by atoms with van der Waals surface area (Å²) in [5.74, 6) is -2.35. The van der Waals surface area contributed by atoms with Gasteiger partial charge in [-0.3, -0.25) is 19.2 Å². The number of carbonyl (C=O) groups excluding carboxylic acids is 3. The van der Waals surface area contributed by atoms with E-state index in [9.17, 15) is 18.8 Å². The fourth-order valence-corrected chi connectivity index (χ4v) is 4.36. The van der Waals surface area contributed by atoms with Crippen LogP contribution in [0.4, 0.5) is 21.5 Å². The highest BCUT2D eigenvalue weighted by atomic mass is 19.1. The van der Waals surface area contributed by atoms with Gasteiger partial charge >= 0.3 is 0 Å². The van der Waals surface area contributed by atoms with Gasteiger partial charge in [-0.2, -0.15) is 0 Å². The molecule has 0 aliphatic carbocycles. The molecule has 3 amide bonds. The molecule has 2 aliphatic rings. The van der Waals surface area contributed by atoms with Crippen LogP contribution in [0.5, 0.6) is 0 Å². The molecule has 2 heterocycles. The highest BCUT2D eigenvalue weighted by Gasteiger charge is 2.60. The fourth-order valence-electron chi connectivity index (χ4n) is 4.36. The van der Waals surface area contributed by atoms with Crippen LogP contribution < -0.4 is 15.3 Å². The fraction of sp³-hybridized carbons (Fsp3) is 0.160. The Morgan fingerprint density at radius 3 is 2.18 bits per heavy atom. The molecule has 0 saturated carbocycles. The van der Waals surface area contributed by atoms with Crippen LogP contribution in [-0.2, 0) is 19.2 Å². The number of halogens is 1. The molecule has 0 unspecified atom stereocenters. The molecule has 2 fully saturated rings. The summed E-state index contributed by atoms with van der Waals surface area (Å²) >= 11 is 0. The predicted molar refractivity (Wildman–Crippen MR) is 120 cm³/mol. The normalized spacial score (nSPS) is 21.9. The van der Waals surface area contributed by atoms with Gasteiger partial charge in [-0.05, 0) is 54.1 Å². The van der Waals surface area contributed by atoms with Crippen molar-refractivity contribution in [2.45, 2.75) is 19.1 Å². The number of benzene rings is 3. The number of carbonyl (C=O) groups is 3. The molecule has 2 aliphatic heterocycles. The maximum atomic E-state index is 13.5. The van der Waals surface area contributed by atoms with Crippen molar-refractivity contribution in [2.24, 2.45) is 5.92 Å². The van der Waals surface area contributed by atoms with Crippen LogP contribution in [-0.4, -0.2) is 23.8 Å². The molecule has 0 radical (unpaired) electrons. The summed E-state index contributed by atoms with van der Waals surface area (Å²) in [7, 11) is 0. The van der Waals surface area contributed by atoms with E-state index in [0.717, 1.165) is 10.5 Å². The van der Waals surface area contributed by atoms with Crippen molar-refractivity contribution in [3.8, 4) is 0 Å². The zero-order chi connectivity index (χ0) is 23.1. The van der Waals surface area contributed by atoms with Crippen LogP contribution >= 0.6 is 0 Å². The Morgan fingerprint density at radius 1 is 0.879 bits per heavy atom. The largest absolute Gasteiger partial charge is 0.326 e. The van der Waals surface area contributed by atoms with E-state index in [-0.39, 0.29) is 5.91 Å². The molecule has 33 heavy (non-hydrogen) atoms. The van der Waals surface area contributed by atoms with Gasteiger partial charge in [0.1, 0.15) is 11.7 Å². The molecule has 0 bridgehead atoms. The van der Waals surface area contributed by atoms with Gasteiger partial charge in [-0.25, -0.2) is 14.4 Å². The van der Waals surface area contributed by atoms with Gasteiger partial charge in [-0.15, -0.1) is 0 Å². The Hall–Kier alpha value is -4.04. The van der Waals surface area contributed by atoms with E-state index in [0.29, 0.717) is 17.1 Å². The van der Waals surface area contributed by atoms with Crippen molar-refractivity contribution in [3.63, 3.8) is 0 Å². The van der Waals surface area contributed by atoms with E-state index in [1.165, 1.54) is 31.2 Å². The predicted octanol–water partition coefficient (Wildman–Crippen LogP) is 3.84. The molecule has 3 atom stereocenters. The number of anilines is 3. The summed E-state index contributed by atoms with van der Waals surface area (Å²) < 4.78 is 13.4. The SMILES string of the molecule is CC(=O)Nc1ccc([C@@H]2[C@@H]3C(=O)N(c4ccc(F)cc4)C(=O)[C@@H]3ON2c2ccccc2)cc1. The lowest BCUT2D eigenvalue weighted by Crippen LogP contribution is -2.37. The van der Waals surface area contributed by atoms with Gasteiger partial charge < -0.3 is 5.32 Å². The lowest BCUT2D eigenvalue weighted by Gasteiger charge is -2.28. The monoisotopic (exact) mass is 445 g/mol. The van der Waals surface area contributed by atoms with E-state index in [4.69, 9.17) is 4.84 Å². The molecular weight excluding hydrogens is 425 g/mol. The van der Waals surface area contributed by atoms with Gasteiger partial charge in [0.15, 0.2) is 6.10 Å². The lowest BCUT2D eigenvalue weighted by molar-refractivity contribution is -0.126. The lowest BCUT2D eigenvalue weighted by atomic mass is 9.90. The summed E-state index contributed by atoms with van der Waals surface area (Å²) in [4.78, 5) is 45.2. The molecule has 0 aromatic heterocycles. The van der Waals surface area contributed by atoms with Gasteiger partial charge in [0, 0.05) is 12.6 Å². The minimum Gasteiger partial charge on any atom is -0.326 e. The number of hydrogen-bond donors (Lipinski definition) is 1. The first-order chi connectivity index (χ1) is 15.9. The number of nitrogens with one attached hydrogen (secondary N) is 1. The van der Waals surface area contributed by atoms with Gasteiger partial charge in [0.25, 0.3) is 5.91 Å². The third-order valence-corrected chi connectivity index (χ3v) is 5.78. The Labute approximate surface area is 189 Å². The number of amides is 3. The molecule has 7 nitrogen and oxygen atoms in total. The Bertz CT molecular complexity index is 1210. The molecule has 3 aromatic rings. The van der Waals surface area contributed by atoms with Crippen molar-refractivity contribution < 1.29 is 23.6 Å². The van der Waals surface area contributed by atoms with Gasteiger partial charge in [0.05, 0.1) is 17.4 Å². The summed E-state index contributed by atoms with van der Waals surface area (Å²) in [5, 5.41) is 4.31. The Morgan fingerprint density at radius 2 is 1.55 bits per heavy atom. The van der Waals surface area contributed by atoms with E-state index in [1.54, 1.807) is 29.3 Å². The highest BCUT2D eigenvalue weighted by molar-refractivity contribution is 6.23. The van der Waals surface area contributed by atoms with E-state index in [2.05, 4.69) is 5.32 Å². The first-order valence-electron chi connectivity index (χ1n) is 10.5. The second kappa shape index (κ2) is 8.14. The highest BCUT2D eigenvalue weighted by Crippen LogP contribution is 2.47. The number of nitrogens with zero attached hydrogens (tertiary/aromatic N) is 2. The van der Waals surface area contributed by atoms with Gasteiger partial charge in [-0.1, -0.05) is 30.3 Å². The van der Waals surface area contributed by atoms with Crippen LogP contribution in [0.2, 0.25) is 0 Å². The molecule has 5 rings (SSSR count). The van der Waals surface area contributed by atoms with E-state index < -0.39 is 35.7 Å². The maximum absolute atomic E-state index is 13.5. The van der Waals surface area contributed by atoms with Crippen molar-refractivity contribution in [1.29, 1.82) is 0 Å². The zero-order valence-electron chi connectivity index (χ0n) is 17.6. The molecule has 0 spiro atoms. The Balaban J connectivity index is 1.54. The first-order valence-corrected chi connectivity index (χ1v) is 10.5. The van der Waals surface area contributed by atoms with Crippen LogP contribution in [0.3, 0.4) is 0 Å². The number of imide groups is 1. The molecule has 8 heteroatoms. The van der Waals surface area contributed by atoms with Crippen LogP contribution in [0.15, 0.2) is 78.9 Å². The summed E-state index contributed by atoms with van der Waals surface area (Å²) in [6.07, 6.45) is -1.01. The summed E-state index contributed by atoms with van der Waals surface area (Å²) in [5.41, 5.74) is 2.38. The van der Waals surface area contributed by atoms with Crippen molar-refractivity contribution >= 4 is 34.8 Å². The molecule has 2 saturated heterocycles. The third kappa shape index (κ3) is 3.64. The second-order valence-electron chi connectivity index (χ2n) is 7.95. The zero-order valence-corrected chi connectivity index (χ0v) is 17.6. The number of hydroxylamine groups is 1. The van der Waals surface area contributed by atoms with E-state index in [1.807, 2.05) is 30.3 Å². The summed E-state index contributed by atoms with van der Waals surface area (Å²) in [6.45, 7) is 1.42. The van der Waals surface area contributed by atoms with Crippen molar-refractivity contribution in [3.05, 3.63) is 90.2 Å². The number of para-hydroxylation sites is 1. The minimum atomic E-state index is -1.01. The van der Waals surface area contributed by atoms with Crippen molar-refractivity contribution in [1.82, 2.24) is 0 Å².